The molecule has 2 rings (SSSR count). The first-order valence-corrected chi connectivity index (χ1v) is 6.62. The maximum atomic E-state index is 11.9. The minimum atomic E-state index is 0. The van der Waals surface area contributed by atoms with E-state index < -0.39 is 0 Å². The van der Waals surface area contributed by atoms with E-state index in [9.17, 15) is 4.79 Å². The molecule has 1 fully saturated rings. The van der Waals surface area contributed by atoms with E-state index in [0.717, 1.165) is 18.7 Å². The Labute approximate surface area is 125 Å². The van der Waals surface area contributed by atoms with Crippen LogP contribution >= 0.6 is 12.4 Å². The molecule has 0 saturated carbocycles. The van der Waals surface area contributed by atoms with Crippen LogP contribution in [-0.4, -0.2) is 49.7 Å². The summed E-state index contributed by atoms with van der Waals surface area (Å²) in [5.74, 6) is 0.0431. The highest BCUT2D eigenvalue weighted by Gasteiger charge is 2.20. The molecule has 1 amide bonds. The Bertz CT molecular complexity index is 403. The minimum Gasteiger partial charge on any atom is -0.374 e. The Morgan fingerprint density at radius 2 is 2.15 bits per heavy atom. The second kappa shape index (κ2) is 8.92. The van der Waals surface area contributed by atoms with Crippen molar-refractivity contribution in [3.05, 3.63) is 35.9 Å². The molecule has 0 aromatic heterocycles. The molecule has 1 heterocycles. The van der Waals surface area contributed by atoms with Gasteiger partial charge in [0, 0.05) is 26.2 Å². The van der Waals surface area contributed by atoms with Gasteiger partial charge in [0.2, 0.25) is 5.91 Å². The van der Waals surface area contributed by atoms with E-state index in [2.05, 4.69) is 10.2 Å². The normalized spacial score (nSPS) is 19.1. The summed E-state index contributed by atoms with van der Waals surface area (Å²) < 4.78 is 5.47. The molecule has 1 aliphatic heterocycles. The third-order valence-corrected chi connectivity index (χ3v) is 3.19. The van der Waals surface area contributed by atoms with Gasteiger partial charge in [-0.1, -0.05) is 30.3 Å². The van der Waals surface area contributed by atoms with Gasteiger partial charge in [-0.25, -0.2) is 0 Å². The van der Waals surface area contributed by atoms with Crippen LogP contribution in [0.2, 0.25) is 0 Å². The van der Waals surface area contributed by atoms with Crippen molar-refractivity contribution < 1.29 is 9.53 Å². The number of carbonyl (C=O) groups is 1. The zero-order chi connectivity index (χ0) is 13.5. The lowest BCUT2D eigenvalue weighted by Crippen LogP contribution is -2.48. The maximum absolute atomic E-state index is 11.9. The zero-order valence-electron chi connectivity index (χ0n) is 11.5. The monoisotopic (exact) mass is 299 g/mol. The number of halogens is 1. The number of nitrogens with two attached hydrogens (primary N) is 1. The summed E-state index contributed by atoms with van der Waals surface area (Å²) >= 11 is 0. The molecule has 1 atom stereocenters. The molecule has 0 bridgehead atoms. The molecule has 20 heavy (non-hydrogen) atoms. The SMILES string of the molecule is Cl.NCC1CN(CC(=O)NCc2ccccc2)CCO1. The van der Waals surface area contributed by atoms with Gasteiger partial charge in [-0.15, -0.1) is 12.4 Å². The average molecular weight is 300 g/mol. The summed E-state index contributed by atoms with van der Waals surface area (Å²) in [6.07, 6.45) is 0.0515. The number of carbonyl (C=O) groups excluding carboxylic acids is 1. The number of hydrogen-bond donors (Lipinski definition) is 2. The maximum Gasteiger partial charge on any atom is 0.234 e. The van der Waals surface area contributed by atoms with E-state index in [-0.39, 0.29) is 24.4 Å². The van der Waals surface area contributed by atoms with Crippen LogP contribution in [0.5, 0.6) is 0 Å². The lowest BCUT2D eigenvalue weighted by molar-refractivity contribution is -0.124. The lowest BCUT2D eigenvalue weighted by Gasteiger charge is -2.31. The van der Waals surface area contributed by atoms with Gasteiger partial charge in [-0.3, -0.25) is 9.69 Å². The smallest absolute Gasteiger partial charge is 0.234 e. The third-order valence-electron chi connectivity index (χ3n) is 3.19. The quantitative estimate of drug-likeness (QED) is 0.825. The summed E-state index contributed by atoms with van der Waals surface area (Å²) in [5.41, 5.74) is 6.69. The summed E-state index contributed by atoms with van der Waals surface area (Å²) in [6.45, 7) is 3.65. The second-order valence-corrected chi connectivity index (χ2v) is 4.73. The Morgan fingerprint density at radius 3 is 2.85 bits per heavy atom. The van der Waals surface area contributed by atoms with Crippen LogP contribution in [0.3, 0.4) is 0 Å². The number of rotatable bonds is 5. The van der Waals surface area contributed by atoms with Gasteiger partial charge in [0.25, 0.3) is 0 Å². The van der Waals surface area contributed by atoms with Crippen molar-refractivity contribution in [1.82, 2.24) is 10.2 Å². The predicted octanol–water partition coefficient (Wildman–Crippen LogP) is 0.384. The molecule has 0 radical (unpaired) electrons. The predicted molar refractivity (Wildman–Crippen MR) is 80.8 cm³/mol. The van der Waals surface area contributed by atoms with Crippen molar-refractivity contribution in [3.63, 3.8) is 0 Å². The molecular formula is C14H22ClN3O2. The van der Waals surface area contributed by atoms with Gasteiger partial charge < -0.3 is 15.8 Å². The van der Waals surface area contributed by atoms with Crippen LogP contribution in [0.15, 0.2) is 30.3 Å². The first-order valence-electron chi connectivity index (χ1n) is 6.62. The molecule has 5 nitrogen and oxygen atoms in total. The number of benzene rings is 1. The number of morpholine rings is 1. The van der Waals surface area contributed by atoms with E-state index in [1.807, 2.05) is 30.3 Å². The van der Waals surface area contributed by atoms with E-state index >= 15 is 0 Å². The second-order valence-electron chi connectivity index (χ2n) is 4.73. The first-order chi connectivity index (χ1) is 9.28. The van der Waals surface area contributed by atoms with Crippen molar-refractivity contribution in [1.29, 1.82) is 0 Å². The standard InChI is InChI=1S/C14H21N3O2.ClH/c15-8-13-10-17(6-7-19-13)11-14(18)16-9-12-4-2-1-3-5-12;/h1-5,13H,6-11,15H2,(H,16,18);1H. The van der Waals surface area contributed by atoms with Crippen molar-refractivity contribution in [3.8, 4) is 0 Å². The Kier molecular flexibility index (Phi) is 7.54. The van der Waals surface area contributed by atoms with Gasteiger partial charge in [0.05, 0.1) is 19.3 Å². The molecular weight excluding hydrogens is 278 g/mol. The van der Waals surface area contributed by atoms with Gasteiger partial charge in [-0.2, -0.15) is 0 Å². The van der Waals surface area contributed by atoms with Crippen LogP contribution in [0, 0.1) is 0 Å². The molecule has 112 valence electrons. The topological polar surface area (TPSA) is 67.6 Å². The molecule has 6 heteroatoms. The fraction of sp³-hybridized carbons (Fsp3) is 0.500. The third kappa shape index (κ3) is 5.46. The molecule has 1 aliphatic rings. The van der Waals surface area contributed by atoms with Gasteiger partial charge in [-0.05, 0) is 5.56 Å². The minimum absolute atomic E-state index is 0. The summed E-state index contributed by atoms with van der Waals surface area (Å²) in [6, 6.07) is 9.90. The number of nitrogens with zero attached hydrogens (tertiary/aromatic N) is 1. The number of nitrogens with one attached hydrogen (secondary N) is 1. The van der Waals surface area contributed by atoms with Crippen molar-refractivity contribution >= 4 is 18.3 Å². The summed E-state index contributed by atoms with van der Waals surface area (Å²) in [7, 11) is 0. The largest absolute Gasteiger partial charge is 0.374 e. The van der Waals surface area contributed by atoms with Gasteiger partial charge in [0.15, 0.2) is 0 Å². The number of ether oxygens (including phenoxy) is 1. The molecule has 0 spiro atoms. The lowest BCUT2D eigenvalue weighted by atomic mass is 10.2. The summed E-state index contributed by atoms with van der Waals surface area (Å²) in [5, 5.41) is 2.93. The van der Waals surface area contributed by atoms with E-state index in [0.29, 0.717) is 26.2 Å². The van der Waals surface area contributed by atoms with Crippen molar-refractivity contribution in [2.45, 2.75) is 12.6 Å². The van der Waals surface area contributed by atoms with Crippen LogP contribution in [-0.2, 0) is 16.1 Å². The van der Waals surface area contributed by atoms with E-state index in [1.54, 1.807) is 0 Å². The molecule has 1 aromatic rings. The van der Waals surface area contributed by atoms with E-state index in [1.165, 1.54) is 0 Å². The van der Waals surface area contributed by atoms with Gasteiger partial charge in [0.1, 0.15) is 0 Å². The fourth-order valence-electron chi connectivity index (χ4n) is 2.12. The molecule has 1 aromatic carbocycles. The van der Waals surface area contributed by atoms with Crippen LogP contribution in [0.1, 0.15) is 5.56 Å². The Morgan fingerprint density at radius 1 is 1.40 bits per heavy atom. The molecule has 1 saturated heterocycles. The first kappa shape index (κ1) is 16.9. The van der Waals surface area contributed by atoms with Gasteiger partial charge >= 0.3 is 0 Å². The Balaban J connectivity index is 0.00000200. The Hall–Kier alpha value is -1.14. The van der Waals surface area contributed by atoms with Crippen LogP contribution in [0.4, 0.5) is 0 Å². The number of amides is 1. The average Bonchev–Trinajstić information content (AvgIpc) is 2.46. The van der Waals surface area contributed by atoms with E-state index in [4.69, 9.17) is 10.5 Å². The van der Waals surface area contributed by atoms with Crippen LogP contribution < -0.4 is 11.1 Å². The van der Waals surface area contributed by atoms with Crippen LogP contribution in [0.25, 0.3) is 0 Å². The zero-order valence-corrected chi connectivity index (χ0v) is 12.3. The highest BCUT2D eigenvalue weighted by molar-refractivity contribution is 5.85. The summed E-state index contributed by atoms with van der Waals surface area (Å²) in [4.78, 5) is 13.9. The highest BCUT2D eigenvalue weighted by atomic mass is 35.5. The molecule has 3 N–H and O–H groups in total. The fourth-order valence-corrected chi connectivity index (χ4v) is 2.12. The van der Waals surface area contributed by atoms with Crippen molar-refractivity contribution in [2.24, 2.45) is 5.73 Å². The number of hydrogen-bond acceptors (Lipinski definition) is 4. The molecule has 0 aliphatic carbocycles. The molecule has 1 unspecified atom stereocenters. The van der Waals surface area contributed by atoms with Crippen molar-refractivity contribution in [2.75, 3.05) is 32.8 Å². The highest BCUT2D eigenvalue weighted by Crippen LogP contribution is 2.03.